The Balaban J connectivity index is 1.47. The van der Waals surface area contributed by atoms with Gasteiger partial charge < -0.3 is 24.6 Å². The Morgan fingerprint density at radius 2 is 1.95 bits per heavy atom. The van der Waals surface area contributed by atoms with Gasteiger partial charge in [0.2, 0.25) is 5.91 Å². The number of aliphatic hydroxyl groups is 2. The molecule has 1 aliphatic heterocycles. The molecule has 0 unspecified atom stereocenters. The summed E-state index contributed by atoms with van der Waals surface area (Å²) in [6, 6.07) is 6.88. The number of morpholine rings is 1. The lowest BCUT2D eigenvalue weighted by atomic mass is 9.47. The van der Waals surface area contributed by atoms with Crippen LogP contribution in [0.3, 0.4) is 0 Å². The first-order chi connectivity index (χ1) is 18.2. The van der Waals surface area contributed by atoms with Gasteiger partial charge in [0.1, 0.15) is 5.75 Å². The summed E-state index contributed by atoms with van der Waals surface area (Å²) in [5.41, 5.74) is 0.324. The van der Waals surface area contributed by atoms with Gasteiger partial charge in [0.05, 0.1) is 38.7 Å². The van der Waals surface area contributed by atoms with E-state index in [0.29, 0.717) is 62.0 Å². The van der Waals surface area contributed by atoms with Crippen LogP contribution in [0.4, 0.5) is 5.13 Å². The van der Waals surface area contributed by atoms with Crippen LogP contribution in [0.25, 0.3) is 0 Å². The van der Waals surface area contributed by atoms with Crippen molar-refractivity contribution in [3.8, 4) is 5.75 Å². The molecule has 0 bridgehead atoms. The van der Waals surface area contributed by atoms with Gasteiger partial charge in [0.25, 0.3) is 5.91 Å². The highest BCUT2D eigenvalue weighted by molar-refractivity contribution is 7.15. The number of benzene rings is 1. The van der Waals surface area contributed by atoms with E-state index in [-0.39, 0.29) is 35.7 Å². The number of amides is 2. The van der Waals surface area contributed by atoms with E-state index >= 15 is 0 Å². The van der Waals surface area contributed by atoms with Crippen molar-refractivity contribution in [2.24, 2.45) is 16.7 Å². The molecule has 2 amide bonds. The third-order valence-electron chi connectivity index (χ3n) is 9.21. The van der Waals surface area contributed by atoms with Gasteiger partial charge in [-0.1, -0.05) is 13.8 Å². The Morgan fingerprint density at radius 1 is 1.24 bits per heavy atom. The molecule has 2 fully saturated rings. The number of nitrogens with one attached hydrogen (secondary N) is 1. The number of hydrogen-bond acceptors (Lipinski definition) is 8. The predicted molar refractivity (Wildman–Crippen MR) is 144 cm³/mol. The van der Waals surface area contributed by atoms with Gasteiger partial charge in [0, 0.05) is 41.3 Å². The molecule has 1 saturated carbocycles. The summed E-state index contributed by atoms with van der Waals surface area (Å²) in [7, 11) is 1.58. The van der Waals surface area contributed by atoms with Crippen molar-refractivity contribution >= 4 is 28.3 Å². The SMILES string of the molecule is COc1ccc(C(=O)Nc2nc3c(s2)C[C@@H]2[C@](C)(CO)[C@H](O)CC[C@@]2(C)[C@@H]3CC(=O)N2CCOCC2)cc1. The lowest BCUT2D eigenvalue weighted by molar-refractivity contribution is -0.149. The molecule has 1 aromatic carbocycles. The number of fused-ring (bicyclic) bond motifs is 2. The maximum absolute atomic E-state index is 13.5. The zero-order chi connectivity index (χ0) is 27.1. The topological polar surface area (TPSA) is 121 Å². The minimum Gasteiger partial charge on any atom is -0.497 e. The molecule has 0 spiro atoms. The van der Waals surface area contributed by atoms with Gasteiger partial charge in [-0.15, -0.1) is 11.3 Å². The van der Waals surface area contributed by atoms with Crippen LogP contribution in [0.5, 0.6) is 5.75 Å². The molecule has 206 valence electrons. The monoisotopic (exact) mass is 543 g/mol. The molecule has 3 aliphatic rings. The lowest BCUT2D eigenvalue weighted by Gasteiger charge is -2.58. The quantitative estimate of drug-likeness (QED) is 0.512. The van der Waals surface area contributed by atoms with E-state index < -0.39 is 11.5 Å². The molecule has 5 rings (SSSR count). The largest absolute Gasteiger partial charge is 0.497 e. The molecule has 0 radical (unpaired) electrons. The molecule has 2 aliphatic carbocycles. The van der Waals surface area contributed by atoms with E-state index in [0.717, 1.165) is 17.0 Å². The van der Waals surface area contributed by atoms with Crippen LogP contribution in [0.15, 0.2) is 24.3 Å². The third-order valence-corrected chi connectivity index (χ3v) is 10.2. The molecular weight excluding hydrogens is 506 g/mol. The fourth-order valence-electron chi connectivity index (χ4n) is 6.73. The van der Waals surface area contributed by atoms with Gasteiger partial charge in [-0.2, -0.15) is 0 Å². The van der Waals surface area contributed by atoms with Crippen molar-refractivity contribution in [1.82, 2.24) is 9.88 Å². The molecule has 2 heterocycles. The smallest absolute Gasteiger partial charge is 0.257 e. The van der Waals surface area contributed by atoms with Gasteiger partial charge in [-0.3, -0.25) is 14.9 Å². The summed E-state index contributed by atoms with van der Waals surface area (Å²) in [6.45, 7) is 6.24. The van der Waals surface area contributed by atoms with Crippen LogP contribution >= 0.6 is 11.3 Å². The van der Waals surface area contributed by atoms with Crippen molar-refractivity contribution in [2.45, 2.75) is 51.6 Å². The number of rotatable bonds is 6. The number of ether oxygens (including phenoxy) is 2. The first-order valence-corrected chi connectivity index (χ1v) is 14.1. The fourth-order valence-corrected chi connectivity index (χ4v) is 7.79. The zero-order valence-electron chi connectivity index (χ0n) is 22.2. The Hall–Kier alpha value is -2.53. The predicted octanol–water partition coefficient (Wildman–Crippen LogP) is 3.07. The molecule has 1 saturated heterocycles. The zero-order valence-corrected chi connectivity index (χ0v) is 23.1. The lowest BCUT2D eigenvalue weighted by Crippen LogP contribution is -2.58. The van der Waals surface area contributed by atoms with Gasteiger partial charge in [-0.25, -0.2) is 4.98 Å². The van der Waals surface area contributed by atoms with Gasteiger partial charge >= 0.3 is 0 Å². The number of aliphatic hydroxyl groups excluding tert-OH is 2. The standard InChI is InChI=1S/C28H37N3O6S/c1-27-9-8-22(33)28(2,16-32)21(27)15-20-24(19(27)14-23(34)31-10-12-37-13-11-31)29-26(38-20)30-25(35)17-4-6-18(36-3)7-5-17/h4-7,19,21-22,32-33H,8-16H2,1-3H3,(H,29,30,35)/t19-,21+,22-,27+,28+/m1/s1. The molecule has 2 aromatic rings. The Bertz CT molecular complexity index is 1180. The highest BCUT2D eigenvalue weighted by Crippen LogP contribution is 2.63. The van der Waals surface area contributed by atoms with E-state index in [9.17, 15) is 19.8 Å². The fraction of sp³-hybridized carbons (Fsp3) is 0.607. The number of anilines is 1. The Morgan fingerprint density at radius 3 is 2.61 bits per heavy atom. The molecule has 9 nitrogen and oxygen atoms in total. The van der Waals surface area contributed by atoms with E-state index in [1.807, 2.05) is 11.8 Å². The second-order valence-electron chi connectivity index (χ2n) is 11.2. The van der Waals surface area contributed by atoms with Crippen molar-refractivity contribution in [3.63, 3.8) is 0 Å². The number of methoxy groups -OCH3 is 1. The van der Waals surface area contributed by atoms with E-state index in [2.05, 4.69) is 12.2 Å². The minimum absolute atomic E-state index is 0.0377. The van der Waals surface area contributed by atoms with Crippen LogP contribution in [-0.4, -0.2) is 78.0 Å². The third kappa shape index (κ3) is 4.72. The molecule has 5 atom stereocenters. The number of aromatic nitrogens is 1. The summed E-state index contributed by atoms with van der Waals surface area (Å²) >= 11 is 1.42. The summed E-state index contributed by atoms with van der Waals surface area (Å²) in [4.78, 5) is 34.2. The van der Waals surface area contributed by atoms with Crippen LogP contribution in [0.2, 0.25) is 0 Å². The molecule has 1 aromatic heterocycles. The minimum atomic E-state index is -0.693. The maximum Gasteiger partial charge on any atom is 0.257 e. The summed E-state index contributed by atoms with van der Waals surface area (Å²) in [5, 5.41) is 24.9. The van der Waals surface area contributed by atoms with Crippen LogP contribution in [0.1, 0.15) is 60.0 Å². The van der Waals surface area contributed by atoms with E-state index in [4.69, 9.17) is 14.5 Å². The van der Waals surface area contributed by atoms with Crippen molar-refractivity contribution in [2.75, 3.05) is 45.3 Å². The average Bonchev–Trinajstić information content (AvgIpc) is 3.34. The van der Waals surface area contributed by atoms with Crippen LogP contribution in [0, 0.1) is 16.7 Å². The van der Waals surface area contributed by atoms with Gasteiger partial charge in [0.15, 0.2) is 5.13 Å². The number of thiazole rings is 1. The van der Waals surface area contributed by atoms with Crippen LogP contribution in [-0.2, 0) is 16.0 Å². The normalized spacial score (nSPS) is 30.8. The molecule has 10 heteroatoms. The number of carbonyl (C=O) groups excluding carboxylic acids is 2. The summed E-state index contributed by atoms with van der Waals surface area (Å²) in [6.07, 6.45) is 1.61. The average molecular weight is 544 g/mol. The number of hydrogen-bond donors (Lipinski definition) is 3. The molecule has 3 N–H and O–H groups in total. The van der Waals surface area contributed by atoms with Crippen LogP contribution < -0.4 is 10.1 Å². The highest BCUT2D eigenvalue weighted by Gasteiger charge is 2.59. The number of nitrogens with zero attached hydrogens (tertiary/aromatic N) is 2. The first kappa shape index (κ1) is 27.1. The van der Waals surface area contributed by atoms with E-state index in [1.165, 1.54) is 11.3 Å². The summed E-state index contributed by atoms with van der Waals surface area (Å²) < 4.78 is 10.6. The Kier molecular flexibility index (Phi) is 7.52. The second-order valence-corrected chi connectivity index (χ2v) is 12.3. The van der Waals surface area contributed by atoms with Crippen molar-refractivity contribution < 1.29 is 29.3 Å². The van der Waals surface area contributed by atoms with E-state index in [1.54, 1.807) is 31.4 Å². The second kappa shape index (κ2) is 10.6. The highest BCUT2D eigenvalue weighted by atomic mass is 32.1. The van der Waals surface area contributed by atoms with Crippen molar-refractivity contribution in [1.29, 1.82) is 0 Å². The first-order valence-electron chi connectivity index (χ1n) is 13.3. The maximum atomic E-state index is 13.5. The molecular formula is C28H37N3O6S. The number of carbonyl (C=O) groups is 2. The molecule has 38 heavy (non-hydrogen) atoms. The van der Waals surface area contributed by atoms with Gasteiger partial charge in [-0.05, 0) is 54.9 Å². The van der Waals surface area contributed by atoms with Crippen molar-refractivity contribution in [3.05, 3.63) is 40.4 Å². The Labute approximate surface area is 227 Å². The summed E-state index contributed by atoms with van der Waals surface area (Å²) in [5.74, 6) is 0.250.